The second-order valence-electron chi connectivity index (χ2n) is 5.75. The predicted molar refractivity (Wildman–Crippen MR) is 79.7 cm³/mol. The third kappa shape index (κ3) is 3.26. The maximum absolute atomic E-state index is 13.4. The number of hydrogen-bond donors (Lipinski definition) is 2. The molecule has 1 fully saturated rings. The second kappa shape index (κ2) is 6.00. The van der Waals surface area contributed by atoms with Crippen molar-refractivity contribution in [2.45, 2.75) is 36.2 Å². The molecule has 0 saturated heterocycles. The fourth-order valence-corrected chi connectivity index (χ4v) is 3.72. The fraction of sp³-hybridized carbons (Fsp3) is 0.571. The molecular formula is C14H22FN3O2S. The lowest BCUT2D eigenvalue weighted by Gasteiger charge is -2.47. The third-order valence-electron chi connectivity index (χ3n) is 4.37. The minimum absolute atomic E-state index is 0.0309. The van der Waals surface area contributed by atoms with Crippen LogP contribution in [0.1, 0.15) is 24.8 Å². The Morgan fingerprint density at radius 2 is 2.05 bits per heavy atom. The molecule has 0 unspecified atom stereocenters. The highest BCUT2D eigenvalue weighted by Crippen LogP contribution is 2.35. The van der Waals surface area contributed by atoms with Crippen LogP contribution >= 0.6 is 0 Å². The molecule has 0 aliphatic heterocycles. The van der Waals surface area contributed by atoms with Crippen LogP contribution in [-0.4, -0.2) is 39.5 Å². The van der Waals surface area contributed by atoms with E-state index in [0.29, 0.717) is 6.54 Å². The highest BCUT2D eigenvalue weighted by Gasteiger charge is 2.39. The maximum Gasteiger partial charge on any atom is 0.240 e. The van der Waals surface area contributed by atoms with Crippen LogP contribution in [-0.2, 0) is 16.6 Å². The number of nitrogens with one attached hydrogen (secondary N) is 1. The molecule has 1 saturated carbocycles. The standard InChI is InChI=1S/C14H22FN3O2S/c1-18(2)14(6-3-7-14)10-17-21(19,20)12-4-5-13(15)11(8-12)9-16/h4-5,8,17H,3,6-7,9-10,16H2,1-2H3. The van der Waals surface area contributed by atoms with Crippen LogP contribution in [0, 0.1) is 5.82 Å². The van der Waals surface area contributed by atoms with Crippen molar-refractivity contribution in [2.24, 2.45) is 5.73 Å². The Labute approximate surface area is 125 Å². The monoisotopic (exact) mass is 315 g/mol. The Morgan fingerprint density at radius 1 is 1.38 bits per heavy atom. The first kappa shape index (κ1) is 16.4. The molecule has 2 rings (SSSR count). The van der Waals surface area contributed by atoms with Crippen molar-refractivity contribution >= 4 is 10.0 Å². The summed E-state index contributed by atoms with van der Waals surface area (Å²) in [7, 11) is 0.261. The van der Waals surface area contributed by atoms with Crippen LogP contribution in [0.5, 0.6) is 0 Å². The van der Waals surface area contributed by atoms with Gasteiger partial charge in [0.2, 0.25) is 10.0 Å². The molecular weight excluding hydrogens is 293 g/mol. The van der Waals surface area contributed by atoms with Crippen LogP contribution in [0.3, 0.4) is 0 Å². The minimum atomic E-state index is -3.65. The number of halogens is 1. The molecule has 1 aliphatic carbocycles. The van der Waals surface area contributed by atoms with E-state index in [9.17, 15) is 12.8 Å². The van der Waals surface area contributed by atoms with E-state index in [0.717, 1.165) is 25.3 Å². The SMILES string of the molecule is CN(C)C1(CNS(=O)(=O)c2ccc(F)c(CN)c2)CCC1. The average molecular weight is 315 g/mol. The molecule has 0 bridgehead atoms. The predicted octanol–water partition coefficient (Wildman–Crippen LogP) is 1.05. The van der Waals surface area contributed by atoms with Crippen LogP contribution in [0.2, 0.25) is 0 Å². The summed E-state index contributed by atoms with van der Waals surface area (Å²) in [6.07, 6.45) is 3.05. The molecule has 1 aromatic carbocycles. The Balaban J connectivity index is 2.15. The normalized spacial score (nSPS) is 17.8. The molecule has 118 valence electrons. The lowest BCUT2D eigenvalue weighted by Crippen LogP contribution is -2.57. The molecule has 5 nitrogen and oxygen atoms in total. The molecule has 0 amide bonds. The Bertz CT molecular complexity index is 613. The Morgan fingerprint density at radius 3 is 2.52 bits per heavy atom. The number of nitrogens with zero attached hydrogens (tertiary/aromatic N) is 1. The summed E-state index contributed by atoms with van der Waals surface area (Å²) in [4.78, 5) is 2.12. The number of likely N-dealkylation sites (N-methyl/N-ethyl adjacent to an activating group) is 1. The Hall–Kier alpha value is -1.02. The van der Waals surface area contributed by atoms with E-state index in [1.165, 1.54) is 12.1 Å². The van der Waals surface area contributed by atoms with Gasteiger partial charge in [0.1, 0.15) is 5.82 Å². The molecule has 0 atom stereocenters. The van der Waals surface area contributed by atoms with Crippen molar-refractivity contribution in [3.63, 3.8) is 0 Å². The number of sulfonamides is 1. The van der Waals surface area contributed by atoms with Crippen molar-refractivity contribution < 1.29 is 12.8 Å². The summed E-state index contributed by atoms with van der Waals surface area (Å²) in [5.74, 6) is -0.486. The average Bonchev–Trinajstić information content (AvgIpc) is 2.37. The summed E-state index contributed by atoms with van der Waals surface area (Å²) in [5, 5.41) is 0. The van der Waals surface area contributed by atoms with Crippen LogP contribution in [0.4, 0.5) is 4.39 Å². The summed E-state index contributed by atoms with van der Waals surface area (Å²) in [6.45, 7) is 0.328. The van der Waals surface area contributed by atoms with E-state index in [1.807, 2.05) is 14.1 Å². The summed E-state index contributed by atoms with van der Waals surface area (Å²) in [5.41, 5.74) is 5.51. The number of hydrogen-bond acceptors (Lipinski definition) is 4. The van der Waals surface area contributed by atoms with Crippen LogP contribution < -0.4 is 10.5 Å². The molecule has 21 heavy (non-hydrogen) atoms. The lowest BCUT2D eigenvalue weighted by atomic mass is 9.76. The third-order valence-corrected chi connectivity index (χ3v) is 5.77. The van der Waals surface area contributed by atoms with Crippen LogP contribution in [0.25, 0.3) is 0 Å². The van der Waals surface area contributed by atoms with Crippen molar-refractivity contribution in [1.82, 2.24) is 9.62 Å². The highest BCUT2D eigenvalue weighted by molar-refractivity contribution is 7.89. The second-order valence-corrected chi connectivity index (χ2v) is 7.52. The molecule has 0 heterocycles. The van der Waals surface area contributed by atoms with Gasteiger partial charge in [0.05, 0.1) is 4.90 Å². The van der Waals surface area contributed by atoms with E-state index in [-0.39, 0.29) is 22.5 Å². The summed E-state index contributed by atoms with van der Waals surface area (Å²) < 4.78 is 40.7. The molecule has 1 aliphatic rings. The molecule has 7 heteroatoms. The van der Waals surface area contributed by atoms with E-state index in [2.05, 4.69) is 9.62 Å². The first-order valence-corrected chi connectivity index (χ1v) is 8.45. The number of nitrogens with two attached hydrogens (primary N) is 1. The van der Waals surface area contributed by atoms with E-state index >= 15 is 0 Å². The molecule has 0 spiro atoms. The smallest absolute Gasteiger partial charge is 0.240 e. The van der Waals surface area contributed by atoms with E-state index < -0.39 is 15.8 Å². The lowest BCUT2D eigenvalue weighted by molar-refractivity contribution is 0.0657. The first-order valence-electron chi connectivity index (χ1n) is 6.96. The fourth-order valence-electron chi connectivity index (χ4n) is 2.55. The first-order chi connectivity index (χ1) is 9.81. The highest BCUT2D eigenvalue weighted by atomic mass is 32.2. The van der Waals surface area contributed by atoms with Gasteiger partial charge in [-0.25, -0.2) is 17.5 Å². The molecule has 1 aromatic rings. The van der Waals surface area contributed by atoms with Gasteiger partial charge in [0.25, 0.3) is 0 Å². The van der Waals surface area contributed by atoms with Crippen molar-refractivity contribution in [3.05, 3.63) is 29.6 Å². The maximum atomic E-state index is 13.4. The van der Waals surface area contributed by atoms with Gasteiger partial charge in [-0.3, -0.25) is 0 Å². The van der Waals surface area contributed by atoms with Gasteiger partial charge < -0.3 is 10.6 Å². The van der Waals surface area contributed by atoms with Gasteiger partial charge in [0, 0.05) is 24.2 Å². The largest absolute Gasteiger partial charge is 0.326 e. The van der Waals surface area contributed by atoms with Gasteiger partial charge >= 0.3 is 0 Å². The molecule has 0 radical (unpaired) electrons. The van der Waals surface area contributed by atoms with Crippen molar-refractivity contribution in [3.8, 4) is 0 Å². The zero-order chi connectivity index (χ0) is 15.7. The van der Waals surface area contributed by atoms with Gasteiger partial charge in [0.15, 0.2) is 0 Å². The topological polar surface area (TPSA) is 75.4 Å². The van der Waals surface area contributed by atoms with E-state index in [4.69, 9.17) is 5.73 Å². The number of rotatable bonds is 6. The Kier molecular flexibility index (Phi) is 4.67. The van der Waals surface area contributed by atoms with Gasteiger partial charge in [-0.1, -0.05) is 0 Å². The quantitative estimate of drug-likeness (QED) is 0.823. The minimum Gasteiger partial charge on any atom is -0.326 e. The van der Waals surface area contributed by atoms with Crippen molar-refractivity contribution in [1.29, 1.82) is 0 Å². The van der Waals surface area contributed by atoms with Gasteiger partial charge in [-0.05, 0) is 51.6 Å². The zero-order valence-electron chi connectivity index (χ0n) is 12.4. The zero-order valence-corrected chi connectivity index (χ0v) is 13.2. The van der Waals surface area contributed by atoms with Gasteiger partial charge in [-0.15, -0.1) is 0 Å². The van der Waals surface area contributed by atoms with Crippen LogP contribution in [0.15, 0.2) is 23.1 Å². The summed E-state index contributed by atoms with van der Waals surface area (Å²) >= 11 is 0. The van der Waals surface area contributed by atoms with Gasteiger partial charge in [-0.2, -0.15) is 0 Å². The summed E-state index contributed by atoms with van der Waals surface area (Å²) in [6, 6.07) is 3.70. The molecule has 3 N–H and O–H groups in total. The molecule has 0 aromatic heterocycles. The van der Waals surface area contributed by atoms with E-state index in [1.54, 1.807) is 0 Å². The van der Waals surface area contributed by atoms with Crippen molar-refractivity contribution in [2.75, 3.05) is 20.6 Å². The number of benzene rings is 1.